The molecule has 4 aromatic rings. The highest BCUT2D eigenvalue weighted by atomic mass is 16.5. The maximum absolute atomic E-state index is 5.88. The number of para-hydroxylation sites is 1. The zero-order valence-electron chi connectivity index (χ0n) is 14.3. The summed E-state index contributed by atoms with van der Waals surface area (Å²) >= 11 is 0. The molecule has 0 aliphatic carbocycles. The van der Waals surface area contributed by atoms with Crippen molar-refractivity contribution in [1.29, 1.82) is 0 Å². The molecule has 0 aliphatic heterocycles. The van der Waals surface area contributed by atoms with Crippen molar-refractivity contribution in [3.63, 3.8) is 0 Å². The van der Waals surface area contributed by atoms with E-state index in [1.54, 1.807) is 6.20 Å². The fourth-order valence-electron chi connectivity index (χ4n) is 2.78. The average Bonchev–Trinajstić information content (AvgIpc) is 2.70. The summed E-state index contributed by atoms with van der Waals surface area (Å²) in [6.45, 7) is 0.630. The van der Waals surface area contributed by atoms with Gasteiger partial charge in [0.15, 0.2) is 0 Å². The van der Waals surface area contributed by atoms with E-state index in [0.717, 1.165) is 34.6 Å². The average molecular weight is 341 g/mol. The maximum atomic E-state index is 5.88. The van der Waals surface area contributed by atoms with Gasteiger partial charge in [0, 0.05) is 18.0 Å². The van der Waals surface area contributed by atoms with E-state index >= 15 is 0 Å². The Labute approximate surface area is 152 Å². The number of hydrogen-bond acceptors (Lipinski definition) is 3. The molecule has 0 bridgehead atoms. The van der Waals surface area contributed by atoms with Crippen molar-refractivity contribution in [2.45, 2.75) is 6.42 Å². The molecule has 4 rings (SSSR count). The smallest absolute Gasteiger partial charge is 0.127 e. The van der Waals surface area contributed by atoms with Crippen LogP contribution in [0.15, 0.2) is 91.1 Å². The Balaban J connectivity index is 1.32. The van der Waals surface area contributed by atoms with Gasteiger partial charge in [0.2, 0.25) is 0 Å². The number of aromatic nitrogens is 1. The third kappa shape index (κ3) is 4.01. The van der Waals surface area contributed by atoms with Crippen LogP contribution < -0.4 is 9.47 Å². The van der Waals surface area contributed by atoms with Gasteiger partial charge in [-0.05, 0) is 54.1 Å². The topological polar surface area (TPSA) is 31.4 Å². The van der Waals surface area contributed by atoms with Crippen LogP contribution in [0.3, 0.4) is 0 Å². The molecule has 0 N–H and O–H groups in total. The molecule has 3 heteroatoms. The molecule has 0 spiro atoms. The molecule has 0 atom stereocenters. The summed E-state index contributed by atoms with van der Waals surface area (Å²) in [4.78, 5) is 4.32. The van der Waals surface area contributed by atoms with Crippen LogP contribution in [0.2, 0.25) is 0 Å². The first-order chi connectivity index (χ1) is 12.9. The second-order valence-electron chi connectivity index (χ2n) is 6.02. The number of ether oxygens (including phenoxy) is 2. The quantitative estimate of drug-likeness (QED) is 0.454. The van der Waals surface area contributed by atoms with E-state index in [-0.39, 0.29) is 0 Å². The molecule has 1 heterocycles. The van der Waals surface area contributed by atoms with Crippen molar-refractivity contribution in [3.05, 3.63) is 96.7 Å². The molecule has 128 valence electrons. The van der Waals surface area contributed by atoms with Gasteiger partial charge < -0.3 is 9.47 Å². The van der Waals surface area contributed by atoms with E-state index in [4.69, 9.17) is 9.47 Å². The zero-order valence-corrected chi connectivity index (χ0v) is 14.3. The Morgan fingerprint density at radius 3 is 2.31 bits per heavy atom. The molecule has 0 amide bonds. The highest BCUT2D eigenvalue weighted by Crippen LogP contribution is 2.22. The SMILES string of the molecule is c1ccc(Oc2ccc(CCOc3ccc4ncccc4c3)cc2)cc1. The highest BCUT2D eigenvalue weighted by molar-refractivity contribution is 5.79. The normalized spacial score (nSPS) is 10.6. The number of fused-ring (bicyclic) bond motifs is 1. The van der Waals surface area contributed by atoms with Crippen LogP contribution in [0, 0.1) is 0 Å². The van der Waals surface area contributed by atoms with E-state index < -0.39 is 0 Å². The van der Waals surface area contributed by atoms with Crippen LogP contribution >= 0.6 is 0 Å². The van der Waals surface area contributed by atoms with Gasteiger partial charge in [-0.3, -0.25) is 4.98 Å². The molecule has 3 nitrogen and oxygen atoms in total. The van der Waals surface area contributed by atoms with Gasteiger partial charge in [0.05, 0.1) is 12.1 Å². The lowest BCUT2D eigenvalue weighted by molar-refractivity contribution is 0.322. The van der Waals surface area contributed by atoms with Crippen molar-refractivity contribution >= 4 is 10.9 Å². The Morgan fingerprint density at radius 2 is 1.46 bits per heavy atom. The Bertz CT molecular complexity index is 982. The first-order valence-corrected chi connectivity index (χ1v) is 8.66. The number of rotatable bonds is 6. The lowest BCUT2D eigenvalue weighted by Gasteiger charge is -2.09. The molecule has 3 aromatic carbocycles. The Morgan fingerprint density at radius 1 is 0.692 bits per heavy atom. The van der Waals surface area contributed by atoms with Gasteiger partial charge in [-0.15, -0.1) is 0 Å². The van der Waals surface area contributed by atoms with Gasteiger partial charge in [-0.1, -0.05) is 36.4 Å². The number of benzene rings is 3. The van der Waals surface area contributed by atoms with E-state index in [9.17, 15) is 0 Å². The highest BCUT2D eigenvalue weighted by Gasteiger charge is 2.00. The van der Waals surface area contributed by atoms with Crippen LogP contribution in [0.4, 0.5) is 0 Å². The maximum Gasteiger partial charge on any atom is 0.127 e. The summed E-state index contributed by atoms with van der Waals surface area (Å²) in [6, 6.07) is 27.9. The minimum atomic E-state index is 0.630. The standard InChI is InChI=1S/C23H19NO2/c1-2-6-20(7-3-1)26-21-10-8-18(9-11-21)14-16-25-22-12-13-23-19(17-22)5-4-15-24-23/h1-13,15,17H,14,16H2. The molecular formula is C23H19NO2. The summed E-state index contributed by atoms with van der Waals surface area (Å²) in [7, 11) is 0. The fraction of sp³-hybridized carbons (Fsp3) is 0.0870. The molecular weight excluding hydrogens is 322 g/mol. The Kier molecular flexibility index (Phi) is 4.79. The molecule has 0 radical (unpaired) electrons. The van der Waals surface area contributed by atoms with Crippen molar-refractivity contribution < 1.29 is 9.47 Å². The first-order valence-electron chi connectivity index (χ1n) is 8.66. The minimum absolute atomic E-state index is 0.630. The lowest BCUT2D eigenvalue weighted by Crippen LogP contribution is -2.01. The van der Waals surface area contributed by atoms with Crippen molar-refractivity contribution in [2.75, 3.05) is 6.61 Å². The van der Waals surface area contributed by atoms with E-state index in [0.29, 0.717) is 6.61 Å². The molecule has 0 saturated heterocycles. The monoisotopic (exact) mass is 341 g/mol. The van der Waals surface area contributed by atoms with Gasteiger partial charge in [-0.2, -0.15) is 0 Å². The van der Waals surface area contributed by atoms with Crippen molar-refractivity contribution in [3.8, 4) is 17.2 Å². The summed E-state index contributed by atoms with van der Waals surface area (Å²) in [6.07, 6.45) is 2.64. The van der Waals surface area contributed by atoms with Gasteiger partial charge in [0.1, 0.15) is 17.2 Å². The molecule has 0 fully saturated rings. The lowest BCUT2D eigenvalue weighted by atomic mass is 10.1. The summed E-state index contributed by atoms with van der Waals surface area (Å²) in [5.74, 6) is 2.55. The molecule has 0 unspecified atom stereocenters. The summed E-state index contributed by atoms with van der Waals surface area (Å²) < 4.78 is 11.7. The molecule has 0 aliphatic rings. The predicted octanol–water partition coefficient (Wildman–Crippen LogP) is 5.65. The summed E-state index contributed by atoms with van der Waals surface area (Å²) in [5, 5.41) is 1.09. The second-order valence-corrected chi connectivity index (χ2v) is 6.02. The molecule has 26 heavy (non-hydrogen) atoms. The third-order valence-corrected chi connectivity index (χ3v) is 4.14. The third-order valence-electron chi connectivity index (χ3n) is 4.14. The van der Waals surface area contributed by atoms with Crippen LogP contribution in [-0.2, 0) is 6.42 Å². The van der Waals surface area contributed by atoms with E-state index in [2.05, 4.69) is 17.1 Å². The largest absolute Gasteiger partial charge is 0.493 e. The summed E-state index contributed by atoms with van der Waals surface area (Å²) in [5.41, 5.74) is 2.20. The van der Waals surface area contributed by atoms with E-state index in [1.165, 1.54) is 5.56 Å². The van der Waals surface area contributed by atoms with Gasteiger partial charge in [-0.25, -0.2) is 0 Å². The molecule has 1 aromatic heterocycles. The van der Waals surface area contributed by atoms with Crippen LogP contribution in [0.5, 0.6) is 17.2 Å². The number of hydrogen-bond donors (Lipinski definition) is 0. The minimum Gasteiger partial charge on any atom is -0.493 e. The van der Waals surface area contributed by atoms with Gasteiger partial charge in [0.25, 0.3) is 0 Å². The number of nitrogens with zero attached hydrogens (tertiary/aromatic N) is 1. The first kappa shape index (κ1) is 16.2. The Hall–Kier alpha value is -3.33. The second kappa shape index (κ2) is 7.70. The number of pyridine rings is 1. The van der Waals surface area contributed by atoms with Crippen LogP contribution in [-0.4, -0.2) is 11.6 Å². The molecule has 0 saturated carbocycles. The van der Waals surface area contributed by atoms with Crippen molar-refractivity contribution in [2.24, 2.45) is 0 Å². The van der Waals surface area contributed by atoms with Crippen LogP contribution in [0.25, 0.3) is 10.9 Å². The van der Waals surface area contributed by atoms with Gasteiger partial charge >= 0.3 is 0 Å². The fourth-order valence-corrected chi connectivity index (χ4v) is 2.78. The van der Waals surface area contributed by atoms with Crippen LogP contribution in [0.1, 0.15) is 5.56 Å². The van der Waals surface area contributed by atoms with E-state index in [1.807, 2.05) is 72.8 Å². The zero-order chi connectivity index (χ0) is 17.6. The van der Waals surface area contributed by atoms with Crippen molar-refractivity contribution in [1.82, 2.24) is 4.98 Å². The predicted molar refractivity (Wildman–Crippen MR) is 104 cm³/mol.